The van der Waals surface area contributed by atoms with Crippen LogP contribution in [0.4, 0.5) is 10.5 Å². The molecule has 186 valence electrons. The van der Waals surface area contributed by atoms with Crippen molar-refractivity contribution in [3.05, 3.63) is 68.6 Å². The summed E-state index contributed by atoms with van der Waals surface area (Å²) in [5, 5.41) is 10.3. The fourth-order valence-electron chi connectivity index (χ4n) is 3.73. The Bertz CT molecular complexity index is 1270. The van der Waals surface area contributed by atoms with Crippen molar-refractivity contribution in [1.29, 1.82) is 0 Å². The van der Waals surface area contributed by atoms with Crippen LogP contribution in [-0.2, 0) is 9.59 Å². The molecule has 2 aliphatic rings. The zero-order chi connectivity index (χ0) is 25.8. The van der Waals surface area contributed by atoms with E-state index in [2.05, 4.69) is 0 Å². The van der Waals surface area contributed by atoms with Gasteiger partial charge in [0.15, 0.2) is 11.5 Å². The van der Waals surface area contributed by atoms with Gasteiger partial charge in [-0.25, -0.2) is 4.79 Å². The number of hydrogen-bond donors (Lipinski definition) is 0. The van der Waals surface area contributed by atoms with Crippen LogP contribution in [0.25, 0.3) is 6.08 Å². The Kier molecular flexibility index (Phi) is 7.34. The molecule has 0 unspecified atom stereocenters. The Labute approximate surface area is 209 Å². The molecule has 0 radical (unpaired) electrons. The van der Waals surface area contributed by atoms with Gasteiger partial charge in [0.2, 0.25) is 5.91 Å². The van der Waals surface area contributed by atoms with Gasteiger partial charge in [-0.2, -0.15) is 0 Å². The van der Waals surface area contributed by atoms with Gasteiger partial charge in [0.25, 0.3) is 16.8 Å². The Hall–Kier alpha value is -4.19. The van der Waals surface area contributed by atoms with Crippen molar-refractivity contribution >= 4 is 46.5 Å². The summed E-state index contributed by atoms with van der Waals surface area (Å²) in [5.41, 5.74) is 0.473. The van der Waals surface area contributed by atoms with Crippen LogP contribution in [0, 0.1) is 10.1 Å². The molecule has 3 amide bonds. The molecule has 0 atom stereocenters. The minimum Gasteiger partial charge on any atom is -0.493 e. The SMILES string of the molecule is COc1cc(/C=C2\SC(=O)N(CC(=O)N3CCCC3)C2=O)ccc1OC(=O)c1ccc([N+](=O)[O-])cc1. The number of carbonyl (C=O) groups is 4. The van der Waals surface area contributed by atoms with E-state index in [-0.39, 0.29) is 40.1 Å². The summed E-state index contributed by atoms with van der Waals surface area (Å²) in [7, 11) is 1.38. The first kappa shape index (κ1) is 24.9. The van der Waals surface area contributed by atoms with Gasteiger partial charge in [-0.1, -0.05) is 6.07 Å². The first-order valence-corrected chi connectivity index (χ1v) is 11.8. The van der Waals surface area contributed by atoms with E-state index in [1.165, 1.54) is 49.6 Å². The number of non-ortho nitro benzene ring substituents is 1. The molecule has 0 N–H and O–H groups in total. The molecule has 2 fully saturated rings. The summed E-state index contributed by atoms with van der Waals surface area (Å²) in [6.07, 6.45) is 3.32. The number of ether oxygens (including phenoxy) is 2. The predicted octanol–water partition coefficient (Wildman–Crippen LogP) is 3.48. The quantitative estimate of drug-likeness (QED) is 0.180. The lowest BCUT2D eigenvalue weighted by Crippen LogP contribution is -2.40. The molecule has 12 heteroatoms. The second-order valence-corrected chi connectivity index (χ2v) is 8.95. The minimum absolute atomic E-state index is 0.0994. The Morgan fingerprint density at radius 2 is 1.78 bits per heavy atom. The number of amides is 3. The van der Waals surface area contributed by atoms with Gasteiger partial charge < -0.3 is 14.4 Å². The van der Waals surface area contributed by atoms with Crippen LogP contribution in [0.5, 0.6) is 11.5 Å². The third kappa shape index (κ3) is 5.38. The highest BCUT2D eigenvalue weighted by atomic mass is 32.2. The van der Waals surface area contributed by atoms with E-state index >= 15 is 0 Å². The molecule has 2 saturated heterocycles. The number of hydrogen-bond acceptors (Lipinski definition) is 9. The van der Waals surface area contributed by atoms with E-state index in [1.807, 2.05) is 0 Å². The standard InChI is InChI=1S/C24H21N3O8S/c1-34-19-12-15(4-9-18(19)35-23(30)16-5-7-17(8-6-16)27(32)33)13-20-22(29)26(24(31)36-20)14-21(28)25-10-2-3-11-25/h4-9,12-13H,2-3,10-11,14H2,1H3/b20-13-. The van der Waals surface area contributed by atoms with E-state index in [0.29, 0.717) is 18.7 Å². The Morgan fingerprint density at radius 3 is 2.42 bits per heavy atom. The summed E-state index contributed by atoms with van der Waals surface area (Å²) in [6.45, 7) is 0.973. The normalized spacial score (nSPS) is 16.5. The molecule has 2 heterocycles. The van der Waals surface area contributed by atoms with Crippen LogP contribution < -0.4 is 9.47 Å². The van der Waals surface area contributed by atoms with E-state index in [0.717, 1.165) is 29.5 Å². The van der Waals surface area contributed by atoms with E-state index in [9.17, 15) is 29.3 Å². The summed E-state index contributed by atoms with van der Waals surface area (Å²) in [5.74, 6) is -1.24. The van der Waals surface area contributed by atoms with Crippen LogP contribution in [0.15, 0.2) is 47.4 Å². The largest absolute Gasteiger partial charge is 0.493 e. The Balaban J connectivity index is 1.46. The topological polar surface area (TPSA) is 136 Å². The third-order valence-corrected chi connectivity index (χ3v) is 6.54. The minimum atomic E-state index is -0.736. The van der Waals surface area contributed by atoms with Gasteiger partial charge in [-0.15, -0.1) is 0 Å². The van der Waals surface area contributed by atoms with Crippen LogP contribution in [0.3, 0.4) is 0 Å². The average molecular weight is 512 g/mol. The fourth-order valence-corrected chi connectivity index (χ4v) is 4.56. The second-order valence-electron chi connectivity index (χ2n) is 7.96. The molecule has 0 saturated carbocycles. The first-order chi connectivity index (χ1) is 17.3. The number of nitrogens with zero attached hydrogens (tertiary/aromatic N) is 3. The number of carbonyl (C=O) groups excluding carboxylic acids is 4. The summed E-state index contributed by atoms with van der Waals surface area (Å²) >= 11 is 0.744. The number of likely N-dealkylation sites (tertiary alicyclic amines) is 1. The molecule has 11 nitrogen and oxygen atoms in total. The van der Waals surface area contributed by atoms with Crippen LogP contribution in [-0.4, -0.2) is 64.5 Å². The highest BCUT2D eigenvalue weighted by molar-refractivity contribution is 8.18. The molecular formula is C24H21N3O8S. The number of imide groups is 1. The lowest BCUT2D eigenvalue weighted by atomic mass is 10.1. The maximum Gasteiger partial charge on any atom is 0.343 e. The van der Waals surface area contributed by atoms with Crippen LogP contribution >= 0.6 is 11.8 Å². The van der Waals surface area contributed by atoms with E-state index in [1.54, 1.807) is 11.0 Å². The van der Waals surface area contributed by atoms with Gasteiger partial charge >= 0.3 is 5.97 Å². The third-order valence-electron chi connectivity index (χ3n) is 5.63. The van der Waals surface area contributed by atoms with E-state index < -0.39 is 22.0 Å². The van der Waals surface area contributed by atoms with Crippen molar-refractivity contribution < 1.29 is 33.6 Å². The molecule has 4 rings (SSSR count). The lowest BCUT2D eigenvalue weighted by molar-refractivity contribution is -0.384. The van der Waals surface area contributed by atoms with Crippen molar-refractivity contribution in [1.82, 2.24) is 9.80 Å². The van der Waals surface area contributed by atoms with Crippen molar-refractivity contribution in [3.8, 4) is 11.5 Å². The molecule has 2 aliphatic heterocycles. The molecule has 0 aliphatic carbocycles. The monoisotopic (exact) mass is 511 g/mol. The number of benzene rings is 2. The molecule has 0 spiro atoms. The molecular weight excluding hydrogens is 490 g/mol. The van der Waals surface area contributed by atoms with Crippen LogP contribution in [0.2, 0.25) is 0 Å². The maximum atomic E-state index is 12.8. The molecule has 0 bridgehead atoms. The summed E-state index contributed by atoms with van der Waals surface area (Å²) in [6, 6.07) is 9.53. The average Bonchev–Trinajstić information content (AvgIpc) is 3.50. The highest BCUT2D eigenvalue weighted by Crippen LogP contribution is 2.35. The Morgan fingerprint density at radius 1 is 1.08 bits per heavy atom. The number of nitro benzene ring substituents is 1. The van der Waals surface area contributed by atoms with Gasteiger partial charge in [0.1, 0.15) is 6.54 Å². The van der Waals surface area contributed by atoms with Crippen molar-refractivity contribution in [3.63, 3.8) is 0 Å². The highest BCUT2D eigenvalue weighted by Gasteiger charge is 2.37. The predicted molar refractivity (Wildman–Crippen MR) is 130 cm³/mol. The number of esters is 1. The molecule has 0 aromatic heterocycles. The number of nitro groups is 1. The van der Waals surface area contributed by atoms with Crippen molar-refractivity contribution in [2.24, 2.45) is 0 Å². The first-order valence-electron chi connectivity index (χ1n) is 10.9. The second kappa shape index (κ2) is 10.6. The lowest BCUT2D eigenvalue weighted by Gasteiger charge is -2.18. The van der Waals surface area contributed by atoms with Crippen molar-refractivity contribution in [2.75, 3.05) is 26.7 Å². The van der Waals surface area contributed by atoms with Gasteiger partial charge in [0, 0.05) is 25.2 Å². The molecule has 36 heavy (non-hydrogen) atoms. The zero-order valence-corrected chi connectivity index (χ0v) is 20.0. The fraction of sp³-hybridized carbons (Fsp3) is 0.250. The van der Waals surface area contributed by atoms with Gasteiger partial charge in [-0.3, -0.25) is 29.4 Å². The molecule has 2 aromatic carbocycles. The smallest absolute Gasteiger partial charge is 0.343 e. The van der Waals surface area contributed by atoms with Gasteiger partial charge in [0.05, 0.1) is 22.5 Å². The van der Waals surface area contributed by atoms with Gasteiger partial charge in [-0.05, 0) is 60.5 Å². The number of rotatable bonds is 7. The number of methoxy groups -OCH3 is 1. The maximum absolute atomic E-state index is 12.8. The molecule has 2 aromatic rings. The van der Waals surface area contributed by atoms with E-state index in [4.69, 9.17) is 9.47 Å². The zero-order valence-electron chi connectivity index (χ0n) is 19.2. The summed E-state index contributed by atoms with van der Waals surface area (Å²) in [4.78, 5) is 62.9. The number of thioether (sulfide) groups is 1. The van der Waals surface area contributed by atoms with Crippen molar-refractivity contribution in [2.45, 2.75) is 12.8 Å². The van der Waals surface area contributed by atoms with Crippen LogP contribution in [0.1, 0.15) is 28.8 Å². The summed E-state index contributed by atoms with van der Waals surface area (Å²) < 4.78 is 10.7.